The minimum absolute atomic E-state index is 0.0447. The number of H-pyrrole nitrogens is 1. The molecule has 10 heteroatoms. The van der Waals surface area contributed by atoms with Gasteiger partial charge in [0, 0.05) is 41.7 Å². The average molecular weight is 506 g/mol. The molecule has 0 saturated heterocycles. The number of hydrogen-bond acceptors (Lipinski definition) is 5. The van der Waals surface area contributed by atoms with Crippen LogP contribution in [0.25, 0.3) is 5.57 Å². The molecule has 3 rings (SSSR count). The van der Waals surface area contributed by atoms with Gasteiger partial charge in [0.25, 0.3) is 5.91 Å². The van der Waals surface area contributed by atoms with E-state index >= 15 is 0 Å². The highest BCUT2D eigenvalue weighted by atomic mass is 35.5. The first-order valence-corrected chi connectivity index (χ1v) is 11.2. The first kappa shape index (κ1) is 26.2. The molecule has 0 radical (unpaired) electrons. The van der Waals surface area contributed by atoms with Crippen LogP contribution in [0.3, 0.4) is 0 Å². The number of carbonyl (C=O) groups is 2. The standard InChI is InChI=1S/C25H26ClF2N3O4/c1-14(2)35-24(33)16-12-31(23(32)15-6-7-19(27)20(28)10-15)13-25(3,4)17-11-30-22(34-5)18(26)8-9-29-21(16)17/h6-12,14,29H,13H2,1-5H3. The Morgan fingerprint density at radius 2 is 1.91 bits per heavy atom. The monoisotopic (exact) mass is 505 g/mol. The molecule has 0 spiro atoms. The summed E-state index contributed by atoms with van der Waals surface area (Å²) >= 11 is 6.24. The predicted molar refractivity (Wildman–Crippen MR) is 127 cm³/mol. The van der Waals surface area contributed by atoms with E-state index in [0.717, 1.165) is 12.1 Å². The second kappa shape index (κ2) is 10.4. The van der Waals surface area contributed by atoms with Crippen LogP contribution in [0.5, 0.6) is 5.88 Å². The van der Waals surface area contributed by atoms with E-state index in [-0.39, 0.29) is 28.6 Å². The zero-order valence-electron chi connectivity index (χ0n) is 20.0. The topological polar surface area (TPSA) is 84.5 Å². The molecule has 1 amide bonds. The lowest BCUT2D eigenvalue weighted by atomic mass is 9.83. The van der Waals surface area contributed by atoms with Crippen molar-refractivity contribution in [2.75, 3.05) is 13.7 Å². The molecule has 35 heavy (non-hydrogen) atoms. The van der Waals surface area contributed by atoms with Gasteiger partial charge in [-0.25, -0.2) is 18.6 Å². The van der Waals surface area contributed by atoms with Crippen LogP contribution in [0.15, 0.2) is 42.9 Å². The SMILES string of the molecule is COc1ncc2c([nH]ccc1Cl)C(C(=O)OC(C)C)=CN(C(=O)c1ccc(F)c(F)c1)CC2(C)C. The number of carbonyl (C=O) groups excluding carboxylic acids is 2. The van der Waals surface area contributed by atoms with Crippen molar-refractivity contribution in [3.8, 4) is 5.88 Å². The second-order valence-corrected chi connectivity index (χ2v) is 9.23. The van der Waals surface area contributed by atoms with Crippen molar-refractivity contribution in [2.24, 2.45) is 0 Å². The Hall–Kier alpha value is -3.46. The molecule has 0 atom stereocenters. The van der Waals surface area contributed by atoms with Gasteiger partial charge in [-0.1, -0.05) is 25.4 Å². The fourth-order valence-corrected chi connectivity index (χ4v) is 3.81. The lowest BCUT2D eigenvalue weighted by molar-refractivity contribution is -0.140. The van der Waals surface area contributed by atoms with Crippen LogP contribution in [0.2, 0.25) is 5.02 Å². The number of esters is 1. The third-order valence-corrected chi connectivity index (χ3v) is 5.56. The van der Waals surface area contributed by atoms with Crippen LogP contribution in [0.1, 0.15) is 49.3 Å². The van der Waals surface area contributed by atoms with Gasteiger partial charge in [-0.2, -0.15) is 0 Å². The van der Waals surface area contributed by atoms with Crippen molar-refractivity contribution in [3.63, 3.8) is 0 Å². The molecule has 1 N–H and O–H groups in total. The molecular formula is C25H26ClF2N3O4. The van der Waals surface area contributed by atoms with E-state index < -0.39 is 35.0 Å². The zero-order valence-corrected chi connectivity index (χ0v) is 20.7. The molecule has 1 aromatic carbocycles. The molecule has 0 fully saturated rings. The molecule has 2 heterocycles. The van der Waals surface area contributed by atoms with Crippen molar-refractivity contribution in [1.82, 2.24) is 14.9 Å². The number of benzene rings is 1. The Labute approximate surface area is 207 Å². The van der Waals surface area contributed by atoms with Gasteiger partial charge < -0.3 is 19.4 Å². The molecule has 1 aliphatic rings. The van der Waals surface area contributed by atoms with E-state index in [1.54, 1.807) is 13.8 Å². The molecule has 0 bridgehead atoms. The zero-order chi connectivity index (χ0) is 25.9. The summed E-state index contributed by atoms with van der Waals surface area (Å²) in [4.78, 5) is 35.2. The van der Waals surface area contributed by atoms with Crippen LogP contribution < -0.4 is 4.74 Å². The van der Waals surface area contributed by atoms with E-state index in [0.29, 0.717) is 11.3 Å². The Kier molecular flexibility index (Phi) is 7.80. The Balaban J connectivity index is 2.27. The molecule has 0 aliphatic carbocycles. The average Bonchev–Trinajstić information content (AvgIpc) is 2.82. The number of aromatic nitrogens is 2. The van der Waals surface area contributed by atoms with Gasteiger partial charge in [0.2, 0.25) is 5.88 Å². The summed E-state index contributed by atoms with van der Waals surface area (Å²) in [6, 6.07) is 4.41. The van der Waals surface area contributed by atoms with Crippen molar-refractivity contribution in [3.05, 3.63) is 76.3 Å². The van der Waals surface area contributed by atoms with E-state index in [2.05, 4.69) is 9.97 Å². The highest BCUT2D eigenvalue weighted by Crippen LogP contribution is 2.35. The summed E-state index contributed by atoms with van der Waals surface area (Å²) in [6.45, 7) is 7.19. The van der Waals surface area contributed by atoms with Crippen LogP contribution in [-0.4, -0.2) is 46.5 Å². The van der Waals surface area contributed by atoms with E-state index in [1.165, 1.54) is 42.7 Å². The van der Waals surface area contributed by atoms with Crippen molar-refractivity contribution in [2.45, 2.75) is 39.2 Å². The van der Waals surface area contributed by atoms with Gasteiger partial charge in [-0.15, -0.1) is 0 Å². The quantitative estimate of drug-likeness (QED) is 0.577. The number of hydrogen-bond donors (Lipinski definition) is 1. The molecule has 0 unspecified atom stereocenters. The van der Waals surface area contributed by atoms with E-state index in [1.807, 2.05) is 13.8 Å². The van der Waals surface area contributed by atoms with Gasteiger partial charge in [0.15, 0.2) is 11.6 Å². The third kappa shape index (κ3) is 5.79. The van der Waals surface area contributed by atoms with Crippen LogP contribution in [-0.2, 0) is 14.9 Å². The van der Waals surface area contributed by atoms with E-state index in [9.17, 15) is 18.4 Å². The lowest BCUT2D eigenvalue weighted by Crippen LogP contribution is -2.37. The number of methoxy groups -OCH3 is 1. The van der Waals surface area contributed by atoms with Gasteiger partial charge in [0.1, 0.15) is 5.02 Å². The number of fused-ring (bicyclic) bond motifs is 1. The number of ether oxygens (including phenoxy) is 2. The predicted octanol–water partition coefficient (Wildman–Crippen LogP) is 5.20. The van der Waals surface area contributed by atoms with Crippen molar-refractivity contribution >= 4 is 29.1 Å². The van der Waals surface area contributed by atoms with Crippen LogP contribution in [0.4, 0.5) is 8.78 Å². The number of aromatic amines is 1. The molecular weight excluding hydrogens is 480 g/mol. The highest BCUT2D eigenvalue weighted by Gasteiger charge is 2.35. The van der Waals surface area contributed by atoms with Gasteiger partial charge >= 0.3 is 5.97 Å². The maximum absolute atomic E-state index is 13.9. The van der Waals surface area contributed by atoms with Crippen LogP contribution >= 0.6 is 11.6 Å². The number of nitrogens with zero attached hydrogens (tertiary/aromatic N) is 2. The largest absolute Gasteiger partial charge is 0.480 e. The summed E-state index contributed by atoms with van der Waals surface area (Å²) in [5.41, 5.74) is 0.110. The smallest absolute Gasteiger partial charge is 0.342 e. The van der Waals surface area contributed by atoms with Crippen LogP contribution in [0, 0.1) is 11.6 Å². The van der Waals surface area contributed by atoms with Gasteiger partial charge in [0.05, 0.1) is 24.5 Å². The van der Waals surface area contributed by atoms with Crippen molar-refractivity contribution in [1.29, 1.82) is 0 Å². The van der Waals surface area contributed by atoms with Gasteiger partial charge in [-0.3, -0.25) is 4.79 Å². The van der Waals surface area contributed by atoms with Gasteiger partial charge in [-0.05, 0) is 38.1 Å². The molecule has 0 saturated carbocycles. The number of amides is 1. The minimum Gasteiger partial charge on any atom is -0.480 e. The lowest BCUT2D eigenvalue weighted by Gasteiger charge is -2.29. The normalized spacial score (nSPS) is 14.4. The summed E-state index contributed by atoms with van der Waals surface area (Å²) in [5, 5.41) is 0.233. The second-order valence-electron chi connectivity index (χ2n) is 8.82. The number of rotatable bonds is 4. The Morgan fingerprint density at radius 3 is 2.54 bits per heavy atom. The summed E-state index contributed by atoms with van der Waals surface area (Å²) < 4.78 is 38.0. The molecule has 2 aromatic rings. The first-order chi connectivity index (χ1) is 16.4. The summed E-state index contributed by atoms with van der Waals surface area (Å²) in [5.74, 6) is -3.36. The Bertz CT molecular complexity index is 1240. The summed E-state index contributed by atoms with van der Waals surface area (Å²) in [6.07, 6.45) is 3.94. The fraction of sp³-hybridized carbons (Fsp3) is 0.320. The number of halogens is 3. The fourth-order valence-electron chi connectivity index (χ4n) is 3.62. The van der Waals surface area contributed by atoms with E-state index in [4.69, 9.17) is 21.1 Å². The first-order valence-electron chi connectivity index (χ1n) is 10.8. The minimum atomic E-state index is -1.15. The molecule has 1 aliphatic heterocycles. The third-order valence-electron chi connectivity index (χ3n) is 5.27. The molecule has 186 valence electrons. The summed E-state index contributed by atoms with van der Waals surface area (Å²) in [7, 11) is 1.43. The Morgan fingerprint density at radius 1 is 1.20 bits per heavy atom. The molecule has 7 nitrogen and oxygen atoms in total. The maximum atomic E-state index is 13.9. The highest BCUT2D eigenvalue weighted by molar-refractivity contribution is 6.31. The maximum Gasteiger partial charge on any atom is 0.342 e. The number of nitrogens with one attached hydrogen (secondary N) is 1. The van der Waals surface area contributed by atoms with Crippen molar-refractivity contribution < 1.29 is 27.8 Å². The molecule has 1 aromatic heterocycles.